The Bertz CT molecular complexity index is 138. The Morgan fingerprint density at radius 1 is 1.67 bits per heavy atom. The van der Waals surface area contributed by atoms with E-state index >= 15 is 0 Å². The van der Waals surface area contributed by atoms with E-state index in [9.17, 15) is 9.90 Å². The second-order valence-electron chi connectivity index (χ2n) is 2.72. The first-order chi connectivity index (χ1) is 5.61. The van der Waals surface area contributed by atoms with Crippen LogP contribution in [0.15, 0.2) is 0 Å². The second kappa shape index (κ2) is 5.97. The SMILES string of the molecule is CCCC(O)CC(=O)N(C)OC. The minimum atomic E-state index is -0.542. The number of carbonyl (C=O) groups excluding carboxylic acids is 1. The van der Waals surface area contributed by atoms with E-state index in [1.807, 2.05) is 6.92 Å². The normalized spacial score (nSPS) is 12.7. The van der Waals surface area contributed by atoms with Crippen LogP contribution < -0.4 is 0 Å². The summed E-state index contributed by atoms with van der Waals surface area (Å²) in [6, 6.07) is 0. The van der Waals surface area contributed by atoms with Gasteiger partial charge in [0.2, 0.25) is 5.91 Å². The molecule has 1 amide bonds. The zero-order valence-electron chi connectivity index (χ0n) is 7.91. The third kappa shape index (κ3) is 4.31. The van der Waals surface area contributed by atoms with Crippen molar-refractivity contribution in [3.8, 4) is 0 Å². The van der Waals surface area contributed by atoms with Gasteiger partial charge in [-0.2, -0.15) is 0 Å². The molecule has 0 heterocycles. The average molecular weight is 175 g/mol. The van der Waals surface area contributed by atoms with Crippen molar-refractivity contribution in [3.05, 3.63) is 0 Å². The molecule has 0 aliphatic heterocycles. The molecule has 4 heteroatoms. The summed E-state index contributed by atoms with van der Waals surface area (Å²) < 4.78 is 0. The molecule has 1 atom stereocenters. The van der Waals surface area contributed by atoms with Crippen LogP contribution in [-0.4, -0.2) is 36.3 Å². The van der Waals surface area contributed by atoms with Gasteiger partial charge in [0.1, 0.15) is 0 Å². The molecule has 0 aromatic carbocycles. The summed E-state index contributed by atoms with van der Waals surface area (Å²) in [7, 11) is 2.95. The maximum Gasteiger partial charge on any atom is 0.248 e. The number of amides is 1. The lowest BCUT2D eigenvalue weighted by Gasteiger charge is -2.15. The number of hydrogen-bond donors (Lipinski definition) is 1. The Morgan fingerprint density at radius 2 is 2.25 bits per heavy atom. The fourth-order valence-electron chi connectivity index (χ4n) is 0.867. The van der Waals surface area contributed by atoms with Gasteiger partial charge >= 0.3 is 0 Å². The highest BCUT2D eigenvalue weighted by atomic mass is 16.7. The quantitative estimate of drug-likeness (QED) is 0.621. The Morgan fingerprint density at radius 3 is 2.67 bits per heavy atom. The van der Waals surface area contributed by atoms with Crippen molar-refractivity contribution >= 4 is 5.91 Å². The number of carbonyl (C=O) groups is 1. The zero-order chi connectivity index (χ0) is 9.56. The van der Waals surface area contributed by atoms with E-state index in [2.05, 4.69) is 4.84 Å². The number of aliphatic hydroxyl groups excluding tert-OH is 1. The van der Waals surface area contributed by atoms with Gasteiger partial charge in [0.05, 0.1) is 19.6 Å². The highest BCUT2D eigenvalue weighted by Gasteiger charge is 2.13. The van der Waals surface area contributed by atoms with Crippen LogP contribution in [-0.2, 0) is 9.63 Å². The van der Waals surface area contributed by atoms with Crippen molar-refractivity contribution < 1.29 is 14.7 Å². The summed E-state index contributed by atoms with van der Waals surface area (Å²) in [6.45, 7) is 1.97. The van der Waals surface area contributed by atoms with Gasteiger partial charge in [0.15, 0.2) is 0 Å². The molecule has 0 radical (unpaired) electrons. The van der Waals surface area contributed by atoms with Crippen molar-refractivity contribution in [1.82, 2.24) is 5.06 Å². The van der Waals surface area contributed by atoms with Crippen molar-refractivity contribution in [2.24, 2.45) is 0 Å². The number of hydroxylamine groups is 2. The maximum atomic E-state index is 11.1. The van der Waals surface area contributed by atoms with Gasteiger partial charge in [-0.15, -0.1) is 0 Å². The molecular weight excluding hydrogens is 158 g/mol. The lowest BCUT2D eigenvalue weighted by molar-refractivity contribution is -0.170. The third-order valence-electron chi connectivity index (χ3n) is 1.66. The first-order valence-electron chi connectivity index (χ1n) is 4.10. The fraction of sp³-hybridized carbons (Fsp3) is 0.875. The minimum Gasteiger partial charge on any atom is -0.393 e. The summed E-state index contributed by atoms with van der Waals surface area (Å²) in [6.07, 6.45) is 1.13. The van der Waals surface area contributed by atoms with E-state index in [0.717, 1.165) is 11.5 Å². The highest BCUT2D eigenvalue weighted by Crippen LogP contribution is 2.03. The Balaban J connectivity index is 3.67. The van der Waals surface area contributed by atoms with Crippen LogP contribution in [0.3, 0.4) is 0 Å². The topological polar surface area (TPSA) is 49.8 Å². The number of aliphatic hydroxyl groups is 1. The molecule has 1 unspecified atom stereocenters. The van der Waals surface area contributed by atoms with E-state index in [4.69, 9.17) is 0 Å². The van der Waals surface area contributed by atoms with Gasteiger partial charge in [0.25, 0.3) is 0 Å². The largest absolute Gasteiger partial charge is 0.393 e. The molecule has 0 saturated heterocycles. The van der Waals surface area contributed by atoms with Gasteiger partial charge in [-0.3, -0.25) is 9.63 Å². The molecular formula is C8H17NO3. The van der Waals surface area contributed by atoms with Crippen molar-refractivity contribution in [2.75, 3.05) is 14.2 Å². The lowest BCUT2D eigenvalue weighted by atomic mass is 10.1. The van der Waals surface area contributed by atoms with Crippen molar-refractivity contribution in [1.29, 1.82) is 0 Å². The Hall–Kier alpha value is -0.610. The van der Waals surface area contributed by atoms with E-state index < -0.39 is 6.10 Å². The van der Waals surface area contributed by atoms with Gasteiger partial charge in [0, 0.05) is 7.05 Å². The maximum absolute atomic E-state index is 11.1. The van der Waals surface area contributed by atoms with Crippen LogP contribution in [0.4, 0.5) is 0 Å². The number of nitrogens with zero attached hydrogens (tertiary/aromatic N) is 1. The smallest absolute Gasteiger partial charge is 0.248 e. The molecule has 12 heavy (non-hydrogen) atoms. The molecule has 0 rings (SSSR count). The highest BCUT2D eigenvalue weighted by molar-refractivity contribution is 5.75. The van der Waals surface area contributed by atoms with Crippen molar-refractivity contribution in [3.63, 3.8) is 0 Å². The first-order valence-corrected chi connectivity index (χ1v) is 4.10. The Labute approximate surface area is 73.1 Å². The average Bonchev–Trinajstić information content (AvgIpc) is 2.03. The van der Waals surface area contributed by atoms with E-state index in [-0.39, 0.29) is 12.3 Å². The van der Waals surface area contributed by atoms with E-state index in [1.165, 1.54) is 14.2 Å². The van der Waals surface area contributed by atoms with Crippen LogP contribution in [0.1, 0.15) is 26.2 Å². The van der Waals surface area contributed by atoms with Gasteiger partial charge < -0.3 is 5.11 Å². The zero-order valence-corrected chi connectivity index (χ0v) is 7.91. The summed E-state index contributed by atoms with van der Waals surface area (Å²) >= 11 is 0. The molecule has 0 bridgehead atoms. The monoisotopic (exact) mass is 175 g/mol. The lowest BCUT2D eigenvalue weighted by Crippen LogP contribution is -2.28. The third-order valence-corrected chi connectivity index (χ3v) is 1.66. The molecule has 0 aliphatic rings. The summed E-state index contributed by atoms with van der Waals surface area (Å²) in [5, 5.41) is 10.4. The number of rotatable bonds is 5. The molecule has 0 aromatic rings. The molecule has 1 N–H and O–H groups in total. The molecule has 0 aliphatic carbocycles. The number of hydrogen-bond acceptors (Lipinski definition) is 3. The predicted octanol–water partition coefficient (Wildman–Crippen LogP) is 0.557. The van der Waals surface area contributed by atoms with Crippen LogP contribution >= 0.6 is 0 Å². The first kappa shape index (κ1) is 11.4. The Kier molecular flexibility index (Phi) is 5.66. The van der Waals surface area contributed by atoms with Crippen molar-refractivity contribution in [2.45, 2.75) is 32.3 Å². The van der Waals surface area contributed by atoms with Crippen LogP contribution in [0.2, 0.25) is 0 Å². The van der Waals surface area contributed by atoms with Crippen LogP contribution in [0, 0.1) is 0 Å². The minimum absolute atomic E-state index is 0.137. The summed E-state index contributed by atoms with van der Waals surface area (Å²) in [5.74, 6) is -0.196. The second-order valence-corrected chi connectivity index (χ2v) is 2.72. The molecule has 72 valence electrons. The van der Waals surface area contributed by atoms with E-state index in [0.29, 0.717) is 6.42 Å². The van der Waals surface area contributed by atoms with Gasteiger partial charge in [-0.1, -0.05) is 13.3 Å². The molecule has 0 fully saturated rings. The van der Waals surface area contributed by atoms with Crippen LogP contribution in [0.25, 0.3) is 0 Å². The van der Waals surface area contributed by atoms with Gasteiger partial charge in [-0.25, -0.2) is 5.06 Å². The molecule has 0 aromatic heterocycles. The van der Waals surface area contributed by atoms with Crippen LogP contribution in [0.5, 0.6) is 0 Å². The predicted molar refractivity (Wildman–Crippen MR) is 45.3 cm³/mol. The fourth-order valence-corrected chi connectivity index (χ4v) is 0.867. The van der Waals surface area contributed by atoms with E-state index in [1.54, 1.807) is 0 Å². The summed E-state index contributed by atoms with van der Waals surface area (Å²) in [4.78, 5) is 15.8. The molecule has 0 spiro atoms. The van der Waals surface area contributed by atoms with Gasteiger partial charge in [-0.05, 0) is 6.42 Å². The summed E-state index contributed by atoms with van der Waals surface area (Å²) in [5.41, 5.74) is 0. The standard InChI is InChI=1S/C8H17NO3/c1-4-5-7(10)6-8(11)9(2)12-3/h7,10H,4-6H2,1-3H3. The molecule has 0 saturated carbocycles. The molecule has 4 nitrogen and oxygen atoms in total.